The summed E-state index contributed by atoms with van der Waals surface area (Å²) in [6, 6.07) is 0. The zero-order chi connectivity index (χ0) is 21.9. The van der Waals surface area contributed by atoms with Crippen LogP contribution in [0.5, 0.6) is 0 Å². The van der Waals surface area contributed by atoms with E-state index in [1.165, 1.54) is 18.2 Å². The Labute approximate surface area is 166 Å². The van der Waals surface area contributed by atoms with Gasteiger partial charge in [0.1, 0.15) is 18.3 Å². The first-order valence-electron chi connectivity index (χ1n) is 8.71. The summed E-state index contributed by atoms with van der Waals surface area (Å²) < 4.78 is 10.2. The number of aliphatic hydroxyl groups is 4. The molecule has 0 aliphatic carbocycles. The molecular weight excluding hydrogens is 388 g/mol. The average molecular weight is 412 g/mol. The molecule has 0 aromatic rings. The molecule has 4 atom stereocenters. The van der Waals surface area contributed by atoms with Gasteiger partial charge in [-0.25, -0.2) is 4.79 Å². The smallest absolute Gasteiger partial charge is 0.331 e. The van der Waals surface area contributed by atoms with E-state index >= 15 is 0 Å². The maximum Gasteiger partial charge on any atom is 0.331 e. The quantitative estimate of drug-likeness (QED) is 0.148. The molecule has 0 aromatic heterocycles. The molecule has 3 saturated heterocycles. The summed E-state index contributed by atoms with van der Waals surface area (Å²) in [4.78, 5) is 36.7. The second-order valence-corrected chi connectivity index (χ2v) is 6.84. The molecule has 11 heteroatoms. The van der Waals surface area contributed by atoms with Crippen LogP contribution in [-0.2, 0) is 23.9 Å². The standard InChI is InChI=1S/C18H24N2O9/c1-3-8-28-12(22)6-4-5-11-7-9-29-18(13(23)16(2,26)10-21)15(25)19-17(11,27)14(24)20-18/h3-6,13,21,23,26-27H,1,7-10H2,2H3,(H,19,25)(H,20,24)/b6-4+,11-5+/t13-,16-,17+,18-/m0/s1. The Morgan fingerprint density at radius 2 is 2.10 bits per heavy atom. The molecule has 3 fully saturated rings. The molecule has 3 aliphatic heterocycles. The summed E-state index contributed by atoms with van der Waals surface area (Å²) in [6.45, 7) is 3.30. The largest absolute Gasteiger partial charge is 0.458 e. The van der Waals surface area contributed by atoms with Crippen molar-refractivity contribution < 1.29 is 44.3 Å². The lowest BCUT2D eigenvalue weighted by Crippen LogP contribution is -2.82. The third-order valence-corrected chi connectivity index (χ3v) is 4.59. The van der Waals surface area contributed by atoms with Crippen molar-refractivity contribution in [2.45, 2.75) is 36.5 Å². The highest BCUT2D eigenvalue weighted by Gasteiger charge is 2.63. The Morgan fingerprint density at radius 3 is 2.72 bits per heavy atom. The molecule has 160 valence electrons. The lowest BCUT2D eigenvalue weighted by molar-refractivity contribution is -0.230. The van der Waals surface area contributed by atoms with Crippen molar-refractivity contribution >= 4 is 17.8 Å². The third kappa shape index (κ3) is 4.23. The van der Waals surface area contributed by atoms with Crippen LogP contribution in [0.3, 0.4) is 0 Å². The van der Waals surface area contributed by atoms with Gasteiger partial charge >= 0.3 is 5.97 Å². The number of hydrogen-bond donors (Lipinski definition) is 6. The molecule has 0 spiro atoms. The van der Waals surface area contributed by atoms with Gasteiger partial charge in [-0.1, -0.05) is 24.8 Å². The van der Waals surface area contributed by atoms with Gasteiger partial charge in [0, 0.05) is 6.08 Å². The molecule has 2 amide bonds. The van der Waals surface area contributed by atoms with Crippen molar-refractivity contribution in [1.29, 1.82) is 0 Å². The second-order valence-electron chi connectivity index (χ2n) is 6.84. The number of amides is 2. The van der Waals surface area contributed by atoms with Crippen LogP contribution in [0.25, 0.3) is 0 Å². The minimum Gasteiger partial charge on any atom is -0.458 e. The molecule has 0 radical (unpaired) electrons. The van der Waals surface area contributed by atoms with Crippen LogP contribution in [-0.4, -0.2) is 81.2 Å². The van der Waals surface area contributed by atoms with Crippen molar-refractivity contribution in [2.75, 3.05) is 19.8 Å². The highest BCUT2D eigenvalue weighted by Crippen LogP contribution is 2.33. The molecule has 3 aliphatic rings. The van der Waals surface area contributed by atoms with E-state index in [1.54, 1.807) is 0 Å². The fourth-order valence-corrected chi connectivity index (χ4v) is 2.89. The highest BCUT2D eigenvalue weighted by atomic mass is 16.5. The lowest BCUT2D eigenvalue weighted by Gasteiger charge is -2.49. The van der Waals surface area contributed by atoms with Gasteiger partial charge in [0.15, 0.2) is 0 Å². The first-order chi connectivity index (χ1) is 13.5. The Hall–Kier alpha value is -2.57. The molecule has 2 bridgehead atoms. The van der Waals surface area contributed by atoms with Gasteiger partial charge < -0.3 is 40.5 Å². The number of piperazine rings is 1. The summed E-state index contributed by atoms with van der Waals surface area (Å²) in [7, 11) is 0. The summed E-state index contributed by atoms with van der Waals surface area (Å²) in [5.41, 5.74) is -7.06. The molecule has 29 heavy (non-hydrogen) atoms. The first-order valence-corrected chi connectivity index (χ1v) is 8.71. The first kappa shape index (κ1) is 22.7. The van der Waals surface area contributed by atoms with Gasteiger partial charge in [-0.2, -0.15) is 0 Å². The number of hydrogen-bond acceptors (Lipinski definition) is 9. The van der Waals surface area contributed by atoms with E-state index in [0.717, 1.165) is 13.0 Å². The minimum absolute atomic E-state index is 0.00725. The van der Waals surface area contributed by atoms with Crippen molar-refractivity contribution in [1.82, 2.24) is 10.6 Å². The number of nitrogens with one attached hydrogen (secondary N) is 2. The summed E-state index contributed by atoms with van der Waals surface area (Å²) >= 11 is 0. The summed E-state index contributed by atoms with van der Waals surface area (Å²) in [5, 5.41) is 44.8. The summed E-state index contributed by atoms with van der Waals surface area (Å²) in [5.74, 6) is -2.93. The van der Waals surface area contributed by atoms with Gasteiger partial charge in [0.2, 0.25) is 5.72 Å². The monoisotopic (exact) mass is 412 g/mol. The van der Waals surface area contributed by atoms with Crippen LogP contribution in [0.2, 0.25) is 0 Å². The lowest BCUT2D eigenvalue weighted by atomic mass is 9.84. The maximum absolute atomic E-state index is 12.7. The fourth-order valence-electron chi connectivity index (χ4n) is 2.89. The van der Waals surface area contributed by atoms with Crippen molar-refractivity contribution in [3.8, 4) is 0 Å². The zero-order valence-electron chi connectivity index (χ0n) is 15.8. The SMILES string of the molecule is C=CCOC(=O)/C=C/C=C1\CCO[C@]2([C@@H](O)[C@@](C)(O)CO)NC(=O)[C@@]1(O)NC2=O. The topological polar surface area (TPSA) is 175 Å². The number of esters is 1. The average Bonchev–Trinajstić information content (AvgIpc) is 2.67. The van der Waals surface area contributed by atoms with Gasteiger partial charge in [0.25, 0.3) is 17.5 Å². The molecule has 6 N–H and O–H groups in total. The number of rotatable bonds is 7. The molecule has 3 heterocycles. The Balaban J connectivity index is 2.31. The number of carbonyl (C=O) groups is 3. The maximum atomic E-state index is 12.7. The number of carbonyl (C=O) groups excluding carboxylic acids is 3. The molecule has 11 nitrogen and oxygen atoms in total. The van der Waals surface area contributed by atoms with Gasteiger partial charge in [-0.15, -0.1) is 0 Å². The molecule has 0 aromatic carbocycles. The Kier molecular flexibility index (Phi) is 6.60. The van der Waals surface area contributed by atoms with Gasteiger partial charge in [-0.05, 0) is 18.9 Å². The molecule has 0 saturated carbocycles. The number of ether oxygens (including phenoxy) is 2. The molecular formula is C18H24N2O9. The highest BCUT2D eigenvalue weighted by molar-refractivity contribution is 6.03. The third-order valence-electron chi connectivity index (χ3n) is 4.59. The molecule has 3 rings (SSSR count). The van der Waals surface area contributed by atoms with E-state index in [9.17, 15) is 34.8 Å². The van der Waals surface area contributed by atoms with E-state index in [2.05, 4.69) is 17.2 Å². The van der Waals surface area contributed by atoms with Crippen LogP contribution < -0.4 is 10.6 Å². The van der Waals surface area contributed by atoms with Crippen LogP contribution in [0, 0.1) is 0 Å². The number of allylic oxidation sites excluding steroid dienone is 2. The fraction of sp³-hybridized carbons (Fsp3) is 0.500. The Bertz CT molecular complexity index is 760. The van der Waals surface area contributed by atoms with Crippen LogP contribution in [0.15, 0.2) is 36.5 Å². The summed E-state index contributed by atoms with van der Waals surface area (Å²) in [6.07, 6.45) is 2.80. The van der Waals surface area contributed by atoms with Crippen molar-refractivity contribution in [3.05, 3.63) is 36.5 Å². The van der Waals surface area contributed by atoms with E-state index in [0.29, 0.717) is 0 Å². The van der Waals surface area contributed by atoms with E-state index in [4.69, 9.17) is 9.47 Å². The van der Waals surface area contributed by atoms with Crippen LogP contribution in [0.1, 0.15) is 13.3 Å². The van der Waals surface area contributed by atoms with E-state index in [-0.39, 0.29) is 25.2 Å². The van der Waals surface area contributed by atoms with E-state index < -0.39 is 47.5 Å². The van der Waals surface area contributed by atoms with Gasteiger partial charge in [-0.3, -0.25) is 9.59 Å². The number of fused-ring (bicyclic) bond motifs is 5. The number of aliphatic hydroxyl groups excluding tert-OH is 2. The predicted octanol–water partition coefficient (Wildman–Crippen LogP) is -2.65. The normalized spacial score (nSPS) is 31.4. The van der Waals surface area contributed by atoms with Crippen LogP contribution in [0.4, 0.5) is 0 Å². The van der Waals surface area contributed by atoms with Crippen molar-refractivity contribution in [3.63, 3.8) is 0 Å². The van der Waals surface area contributed by atoms with Crippen LogP contribution >= 0.6 is 0 Å². The minimum atomic E-state index is -2.47. The Morgan fingerprint density at radius 1 is 1.41 bits per heavy atom. The second kappa shape index (κ2) is 8.43. The predicted molar refractivity (Wildman–Crippen MR) is 96.6 cm³/mol. The zero-order valence-corrected chi connectivity index (χ0v) is 15.8. The van der Waals surface area contributed by atoms with E-state index in [1.807, 2.05) is 0 Å². The van der Waals surface area contributed by atoms with Gasteiger partial charge in [0.05, 0.1) is 13.2 Å². The molecule has 0 unspecified atom stereocenters. The van der Waals surface area contributed by atoms with Crippen molar-refractivity contribution in [2.24, 2.45) is 0 Å².